The van der Waals surface area contributed by atoms with Gasteiger partial charge in [-0.3, -0.25) is 4.79 Å². The quantitative estimate of drug-likeness (QED) is 0.0268. The van der Waals surface area contributed by atoms with Gasteiger partial charge < -0.3 is 39.4 Å². The molecule has 9 nitrogen and oxygen atoms in total. The molecular formula is C53H96O9. The molecule has 1 aliphatic heterocycles. The second-order valence-corrected chi connectivity index (χ2v) is 17.6. The Balaban J connectivity index is 2.21. The number of allylic oxidation sites excluding steroid dienone is 8. The molecule has 1 saturated heterocycles. The molecule has 62 heavy (non-hydrogen) atoms. The Morgan fingerprint density at radius 2 is 0.935 bits per heavy atom. The molecule has 0 amide bonds. The molecular weight excluding hydrogens is 781 g/mol. The van der Waals surface area contributed by atoms with Crippen LogP contribution in [0.1, 0.15) is 219 Å². The SMILES string of the molecule is CCCCCCC/C=C\C/C=C\C/C=C\CCCCCCCCCCC(=O)OC(COCCCCCCCC/C=C\CCCCCCCC)COC1OC(CO)C(O)C(O)C1O. The van der Waals surface area contributed by atoms with Gasteiger partial charge in [0.2, 0.25) is 0 Å². The molecule has 9 heteroatoms. The van der Waals surface area contributed by atoms with E-state index in [1.54, 1.807) is 0 Å². The van der Waals surface area contributed by atoms with Crippen molar-refractivity contribution in [3.05, 3.63) is 48.6 Å². The number of carbonyl (C=O) groups excluding carboxylic acids is 1. The molecule has 0 saturated carbocycles. The lowest BCUT2D eigenvalue weighted by Gasteiger charge is -2.39. The first-order valence-corrected chi connectivity index (χ1v) is 25.7. The van der Waals surface area contributed by atoms with Crippen LogP contribution in [0.3, 0.4) is 0 Å². The summed E-state index contributed by atoms with van der Waals surface area (Å²) in [4.78, 5) is 12.8. The molecule has 1 aliphatic rings. The minimum absolute atomic E-state index is 0.119. The molecule has 0 spiro atoms. The molecule has 362 valence electrons. The summed E-state index contributed by atoms with van der Waals surface area (Å²) in [5.74, 6) is -0.322. The Hall–Kier alpha value is -1.85. The first kappa shape index (κ1) is 58.2. The largest absolute Gasteiger partial charge is 0.457 e. The van der Waals surface area contributed by atoms with Crippen LogP contribution in [0.5, 0.6) is 0 Å². The first-order chi connectivity index (χ1) is 30.4. The maximum absolute atomic E-state index is 12.8. The third-order valence-corrected chi connectivity index (χ3v) is 11.7. The predicted octanol–water partition coefficient (Wildman–Crippen LogP) is 12.5. The highest BCUT2D eigenvalue weighted by atomic mass is 16.7. The van der Waals surface area contributed by atoms with Crippen LogP contribution in [0.2, 0.25) is 0 Å². The standard InChI is InChI=1S/C53H96O9/c1-3-5-7-9-11-13-15-17-19-21-22-23-24-25-26-27-28-30-32-34-36-38-40-42-49(55)61-47(46-60-53-52(58)51(57)50(56)48(44-54)62-53)45-59-43-41-39-37-35-33-31-29-20-18-16-14-12-10-8-6-4-2/h15,17-18,20-22,24-25,47-48,50-54,56-58H,3-14,16,19,23,26-46H2,1-2H3/b17-15-,20-18-,22-21-,25-24-. The van der Waals surface area contributed by atoms with Crippen molar-refractivity contribution in [3.8, 4) is 0 Å². The summed E-state index contributed by atoms with van der Waals surface area (Å²) >= 11 is 0. The Morgan fingerprint density at radius 1 is 0.516 bits per heavy atom. The third-order valence-electron chi connectivity index (χ3n) is 11.7. The molecule has 6 unspecified atom stereocenters. The van der Waals surface area contributed by atoms with Gasteiger partial charge in [0, 0.05) is 13.0 Å². The van der Waals surface area contributed by atoms with Crippen LogP contribution in [0.15, 0.2) is 48.6 Å². The van der Waals surface area contributed by atoms with Gasteiger partial charge in [0.1, 0.15) is 30.5 Å². The van der Waals surface area contributed by atoms with Gasteiger partial charge in [-0.15, -0.1) is 0 Å². The minimum Gasteiger partial charge on any atom is -0.457 e. The number of aliphatic hydroxyl groups excluding tert-OH is 4. The van der Waals surface area contributed by atoms with Crippen LogP contribution >= 0.6 is 0 Å². The fraction of sp³-hybridized carbons (Fsp3) is 0.830. The fourth-order valence-electron chi connectivity index (χ4n) is 7.67. The minimum atomic E-state index is -1.54. The van der Waals surface area contributed by atoms with E-state index in [9.17, 15) is 25.2 Å². The van der Waals surface area contributed by atoms with Crippen molar-refractivity contribution in [3.63, 3.8) is 0 Å². The van der Waals surface area contributed by atoms with Crippen molar-refractivity contribution in [2.45, 2.75) is 256 Å². The Kier molecular flexibility index (Phi) is 41.6. The summed E-state index contributed by atoms with van der Waals surface area (Å²) < 4.78 is 22.9. The van der Waals surface area contributed by atoms with E-state index in [4.69, 9.17) is 18.9 Å². The van der Waals surface area contributed by atoms with Crippen LogP contribution in [0, 0.1) is 0 Å². The van der Waals surface area contributed by atoms with Crippen LogP contribution in [0.25, 0.3) is 0 Å². The molecule has 1 rings (SSSR count). The van der Waals surface area contributed by atoms with Crippen molar-refractivity contribution < 1.29 is 44.2 Å². The van der Waals surface area contributed by atoms with Crippen LogP contribution in [-0.4, -0.2) is 89.6 Å². The monoisotopic (exact) mass is 877 g/mol. The average Bonchev–Trinajstić information content (AvgIpc) is 3.27. The molecule has 0 aliphatic carbocycles. The third kappa shape index (κ3) is 34.5. The van der Waals surface area contributed by atoms with E-state index < -0.39 is 43.4 Å². The summed E-state index contributed by atoms with van der Waals surface area (Å²) in [7, 11) is 0. The van der Waals surface area contributed by atoms with Crippen molar-refractivity contribution >= 4 is 5.97 Å². The molecule has 0 bridgehead atoms. The van der Waals surface area contributed by atoms with Crippen LogP contribution in [0.4, 0.5) is 0 Å². The van der Waals surface area contributed by atoms with E-state index in [1.165, 1.54) is 141 Å². The molecule has 0 aromatic carbocycles. The summed E-state index contributed by atoms with van der Waals surface area (Å²) in [6.07, 6.45) is 48.5. The van der Waals surface area contributed by atoms with E-state index in [2.05, 4.69) is 62.5 Å². The number of carbonyl (C=O) groups is 1. The predicted molar refractivity (Wildman–Crippen MR) is 256 cm³/mol. The van der Waals surface area contributed by atoms with Crippen molar-refractivity contribution in [1.29, 1.82) is 0 Å². The number of hydrogen-bond donors (Lipinski definition) is 4. The lowest BCUT2D eigenvalue weighted by molar-refractivity contribution is -0.305. The highest BCUT2D eigenvalue weighted by Gasteiger charge is 2.44. The maximum Gasteiger partial charge on any atom is 0.306 e. The molecule has 0 aromatic heterocycles. The van der Waals surface area contributed by atoms with Gasteiger partial charge in [-0.25, -0.2) is 0 Å². The van der Waals surface area contributed by atoms with E-state index >= 15 is 0 Å². The lowest BCUT2D eigenvalue weighted by Crippen LogP contribution is -2.59. The van der Waals surface area contributed by atoms with Crippen LogP contribution < -0.4 is 0 Å². The van der Waals surface area contributed by atoms with Gasteiger partial charge in [-0.2, -0.15) is 0 Å². The normalized spacial score (nSPS) is 20.1. The number of ether oxygens (including phenoxy) is 4. The summed E-state index contributed by atoms with van der Waals surface area (Å²) in [6.45, 7) is 4.54. The van der Waals surface area contributed by atoms with Gasteiger partial charge >= 0.3 is 5.97 Å². The van der Waals surface area contributed by atoms with Crippen LogP contribution in [-0.2, 0) is 23.7 Å². The average molecular weight is 877 g/mol. The molecule has 0 radical (unpaired) electrons. The first-order valence-electron chi connectivity index (χ1n) is 25.7. The number of esters is 1. The number of aliphatic hydroxyl groups is 4. The van der Waals surface area contributed by atoms with Gasteiger partial charge in [-0.05, 0) is 77.0 Å². The number of rotatable bonds is 44. The zero-order chi connectivity index (χ0) is 45.0. The molecule has 1 fully saturated rings. The number of unbranched alkanes of at least 4 members (excludes halogenated alkanes) is 25. The molecule has 4 N–H and O–H groups in total. The summed E-state index contributed by atoms with van der Waals surface area (Å²) in [6, 6.07) is 0. The van der Waals surface area contributed by atoms with Gasteiger partial charge in [0.05, 0.1) is 19.8 Å². The molecule has 0 aromatic rings. The van der Waals surface area contributed by atoms with Crippen molar-refractivity contribution in [2.75, 3.05) is 26.4 Å². The highest BCUT2D eigenvalue weighted by Crippen LogP contribution is 2.23. The number of hydrogen-bond acceptors (Lipinski definition) is 9. The van der Waals surface area contributed by atoms with Gasteiger partial charge in [0.25, 0.3) is 0 Å². The Labute approximate surface area is 380 Å². The van der Waals surface area contributed by atoms with E-state index in [0.717, 1.165) is 57.8 Å². The summed E-state index contributed by atoms with van der Waals surface area (Å²) in [5, 5.41) is 40.2. The molecule has 6 atom stereocenters. The molecule has 1 heterocycles. The fourth-order valence-corrected chi connectivity index (χ4v) is 7.67. The highest BCUT2D eigenvalue weighted by molar-refractivity contribution is 5.69. The Bertz CT molecular complexity index is 1090. The second kappa shape index (κ2) is 44.4. The van der Waals surface area contributed by atoms with Crippen molar-refractivity contribution in [2.24, 2.45) is 0 Å². The zero-order valence-electron chi connectivity index (χ0n) is 39.9. The van der Waals surface area contributed by atoms with E-state index in [1.807, 2.05) is 0 Å². The maximum atomic E-state index is 12.8. The smallest absolute Gasteiger partial charge is 0.306 e. The summed E-state index contributed by atoms with van der Waals surface area (Å²) in [5.41, 5.74) is 0. The Morgan fingerprint density at radius 3 is 1.42 bits per heavy atom. The van der Waals surface area contributed by atoms with Gasteiger partial charge in [0.15, 0.2) is 6.29 Å². The van der Waals surface area contributed by atoms with Crippen molar-refractivity contribution in [1.82, 2.24) is 0 Å². The second-order valence-electron chi connectivity index (χ2n) is 17.6. The zero-order valence-corrected chi connectivity index (χ0v) is 39.9. The van der Waals surface area contributed by atoms with E-state index in [0.29, 0.717) is 13.0 Å². The van der Waals surface area contributed by atoms with Gasteiger partial charge in [-0.1, -0.05) is 184 Å². The lowest BCUT2D eigenvalue weighted by atomic mass is 9.99. The van der Waals surface area contributed by atoms with E-state index in [-0.39, 0.29) is 19.2 Å². The topological polar surface area (TPSA) is 135 Å².